The van der Waals surface area contributed by atoms with Gasteiger partial charge in [0.2, 0.25) is 9.84 Å². The van der Waals surface area contributed by atoms with E-state index in [4.69, 9.17) is 4.74 Å². The zero-order valence-corrected chi connectivity index (χ0v) is 24.7. The molecule has 10 nitrogen and oxygen atoms in total. The first-order valence-corrected chi connectivity index (χ1v) is 15.7. The van der Waals surface area contributed by atoms with Crippen LogP contribution in [0, 0.1) is 17.5 Å². The molecule has 6 rings (SSSR count). The van der Waals surface area contributed by atoms with Gasteiger partial charge in [-0.05, 0) is 62.4 Å². The Morgan fingerprint density at radius 3 is 2.36 bits per heavy atom. The number of H-pyrrole nitrogens is 1. The van der Waals surface area contributed by atoms with E-state index in [1.54, 1.807) is 6.07 Å². The van der Waals surface area contributed by atoms with Crippen molar-refractivity contribution in [2.24, 2.45) is 0 Å². The number of benzene rings is 3. The van der Waals surface area contributed by atoms with Gasteiger partial charge in [0.25, 0.3) is 5.91 Å². The second kappa shape index (κ2) is 12.1. The molecule has 0 unspecified atom stereocenters. The first kappa shape index (κ1) is 29.9. The number of nitrogens with one attached hydrogen (secondary N) is 3. The molecule has 3 N–H and O–H groups in total. The third-order valence-electron chi connectivity index (χ3n) is 7.97. The SMILES string of the molecule is CN1CCN(c2cc(F)c(C(=O)Nc3n[nH]c4ccc(S(=O)(=O)c5cc(F)cc(F)c5)cc34)c(NC3CCOCC3)c2)CC1. The highest BCUT2D eigenvalue weighted by molar-refractivity contribution is 7.91. The van der Waals surface area contributed by atoms with Crippen LogP contribution in [0.1, 0.15) is 23.2 Å². The molecule has 44 heavy (non-hydrogen) atoms. The summed E-state index contributed by atoms with van der Waals surface area (Å²) in [4.78, 5) is 17.1. The summed E-state index contributed by atoms with van der Waals surface area (Å²) in [7, 11) is -2.29. The number of anilines is 3. The molecule has 2 fully saturated rings. The number of halogens is 3. The molecule has 0 spiro atoms. The van der Waals surface area contributed by atoms with E-state index in [1.165, 1.54) is 24.3 Å². The van der Waals surface area contributed by atoms with E-state index in [0.717, 1.165) is 25.2 Å². The highest BCUT2D eigenvalue weighted by Crippen LogP contribution is 2.32. The van der Waals surface area contributed by atoms with Crippen LogP contribution in [-0.4, -0.2) is 81.9 Å². The van der Waals surface area contributed by atoms with Crippen molar-refractivity contribution in [1.29, 1.82) is 0 Å². The Kier molecular flexibility index (Phi) is 8.22. The summed E-state index contributed by atoms with van der Waals surface area (Å²) >= 11 is 0. The van der Waals surface area contributed by atoms with Crippen LogP contribution in [0.2, 0.25) is 0 Å². The van der Waals surface area contributed by atoms with Gasteiger partial charge in [-0.15, -0.1) is 0 Å². The van der Waals surface area contributed by atoms with Crippen LogP contribution in [0.4, 0.5) is 30.4 Å². The van der Waals surface area contributed by atoms with Crippen LogP contribution in [0.5, 0.6) is 0 Å². The largest absolute Gasteiger partial charge is 0.381 e. The number of sulfone groups is 1. The molecule has 2 aliphatic heterocycles. The highest BCUT2D eigenvalue weighted by Gasteiger charge is 2.26. The van der Waals surface area contributed by atoms with Crippen molar-refractivity contribution in [3.05, 3.63) is 71.5 Å². The Balaban J connectivity index is 1.33. The second-order valence-electron chi connectivity index (χ2n) is 11.0. The van der Waals surface area contributed by atoms with Crippen LogP contribution >= 0.6 is 0 Å². The predicted molar refractivity (Wildman–Crippen MR) is 159 cm³/mol. The number of hydrogen-bond donors (Lipinski definition) is 3. The Hall–Kier alpha value is -4.14. The molecule has 0 bridgehead atoms. The molecule has 0 radical (unpaired) electrons. The first-order chi connectivity index (χ1) is 21.1. The maximum atomic E-state index is 15.8. The molecular weight excluding hydrogens is 597 g/mol. The van der Waals surface area contributed by atoms with Crippen molar-refractivity contribution in [3.63, 3.8) is 0 Å². The summed E-state index contributed by atoms with van der Waals surface area (Å²) in [6.07, 6.45) is 1.38. The number of likely N-dealkylation sites (N-methyl/N-ethyl adjacent to an activating group) is 1. The Bertz CT molecular complexity index is 1800. The molecule has 0 saturated carbocycles. The van der Waals surface area contributed by atoms with Gasteiger partial charge in [0.1, 0.15) is 17.5 Å². The average Bonchev–Trinajstić information content (AvgIpc) is 3.39. The van der Waals surface area contributed by atoms with Gasteiger partial charge in [0, 0.05) is 62.6 Å². The van der Waals surface area contributed by atoms with Gasteiger partial charge in [-0.1, -0.05) is 0 Å². The third kappa shape index (κ3) is 6.10. The zero-order valence-electron chi connectivity index (χ0n) is 23.9. The number of carbonyl (C=O) groups excluding carboxylic acids is 1. The van der Waals surface area contributed by atoms with Gasteiger partial charge in [0.15, 0.2) is 5.82 Å². The fourth-order valence-electron chi connectivity index (χ4n) is 5.49. The minimum Gasteiger partial charge on any atom is -0.381 e. The lowest BCUT2D eigenvalue weighted by Crippen LogP contribution is -2.44. The fraction of sp³-hybridized carbons (Fsp3) is 0.333. The van der Waals surface area contributed by atoms with Gasteiger partial charge >= 0.3 is 0 Å². The molecule has 3 heterocycles. The van der Waals surface area contributed by atoms with E-state index < -0.39 is 38.1 Å². The van der Waals surface area contributed by atoms with Gasteiger partial charge in [-0.25, -0.2) is 21.6 Å². The quantitative estimate of drug-likeness (QED) is 0.276. The standard InChI is InChI=1S/C30H31F3N6O4S/c1-38-6-8-39(9-7-38)21-15-25(33)28(27(16-21)34-20-4-10-43-11-5-20)30(40)35-29-24-17-22(2-3-26(24)36-37-29)44(41,42)23-13-18(31)12-19(32)14-23/h2-3,12-17,20,34H,4-11H2,1H3,(H2,35,36,37,40). The lowest BCUT2D eigenvalue weighted by atomic mass is 10.0. The monoisotopic (exact) mass is 628 g/mol. The van der Waals surface area contributed by atoms with E-state index in [2.05, 4.69) is 30.6 Å². The van der Waals surface area contributed by atoms with Gasteiger partial charge in [-0.3, -0.25) is 9.89 Å². The van der Waals surface area contributed by atoms with E-state index in [9.17, 15) is 22.0 Å². The summed E-state index contributed by atoms with van der Waals surface area (Å²) in [6, 6.07) is 9.05. The van der Waals surface area contributed by atoms with Crippen molar-refractivity contribution in [2.45, 2.75) is 28.7 Å². The normalized spacial score (nSPS) is 16.8. The Morgan fingerprint density at radius 2 is 1.66 bits per heavy atom. The lowest BCUT2D eigenvalue weighted by Gasteiger charge is -2.34. The van der Waals surface area contributed by atoms with E-state index in [0.29, 0.717) is 62.1 Å². The maximum absolute atomic E-state index is 15.8. The molecule has 0 atom stereocenters. The third-order valence-corrected chi connectivity index (χ3v) is 9.71. The molecule has 1 aromatic heterocycles. The number of aromatic nitrogens is 2. The number of rotatable bonds is 7. The molecule has 4 aromatic rings. The summed E-state index contributed by atoms with van der Waals surface area (Å²) in [6.45, 7) is 4.17. The highest BCUT2D eigenvalue weighted by atomic mass is 32.2. The van der Waals surface area contributed by atoms with Crippen molar-refractivity contribution in [3.8, 4) is 0 Å². The molecule has 232 valence electrons. The minimum atomic E-state index is -4.32. The van der Waals surface area contributed by atoms with Crippen LogP contribution < -0.4 is 15.5 Å². The van der Waals surface area contributed by atoms with E-state index in [1.807, 2.05) is 7.05 Å². The number of ether oxygens (including phenoxy) is 1. The van der Waals surface area contributed by atoms with Crippen molar-refractivity contribution >= 4 is 43.8 Å². The van der Waals surface area contributed by atoms with Gasteiger partial charge in [-0.2, -0.15) is 5.10 Å². The van der Waals surface area contributed by atoms with Gasteiger partial charge in [0.05, 0.1) is 26.6 Å². The van der Waals surface area contributed by atoms with E-state index in [-0.39, 0.29) is 27.7 Å². The molecule has 3 aromatic carbocycles. The first-order valence-electron chi connectivity index (χ1n) is 14.2. The Morgan fingerprint density at radius 1 is 0.955 bits per heavy atom. The summed E-state index contributed by atoms with van der Waals surface area (Å²) < 4.78 is 75.3. The average molecular weight is 629 g/mol. The molecular formula is C30H31F3N6O4S. The summed E-state index contributed by atoms with van der Waals surface area (Å²) in [5.74, 6) is -3.61. The summed E-state index contributed by atoms with van der Waals surface area (Å²) in [5.41, 5.74) is 1.18. The van der Waals surface area contributed by atoms with Crippen LogP contribution in [0.25, 0.3) is 10.9 Å². The second-order valence-corrected chi connectivity index (χ2v) is 13.0. The number of nitrogens with zero attached hydrogens (tertiary/aromatic N) is 3. The van der Waals surface area contributed by atoms with Gasteiger partial charge < -0.3 is 25.2 Å². The van der Waals surface area contributed by atoms with Crippen molar-refractivity contribution < 1.29 is 31.1 Å². The number of fused-ring (bicyclic) bond motifs is 1. The number of aromatic amines is 1. The maximum Gasteiger partial charge on any atom is 0.261 e. The van der Waals surface area contributed by atoms with Crippen LogP contribution in [0.3, 0.4) is 0 Å². The lowest BCUT2D eigenvalue weighted by molar-refractivity contribution is 0.0904. The molecule has 0 aliphatic carbocycles. The van der Waals surface area contributed by atoms with Crippen molar-refractivity contribution in [2.75, 3.05) is 62.0 Å². The molecule has 14 heteroatoms. The zero-order chi connectivity index (χ0) is 31.0. The fourth-order valence-corrected chi connectivity index (χ4v) is 6.82. The van der Waals surface area contributed by atoms with Crippen molar-refractivity contribution in [1.82, 2.24) is 15.1 Å². The smallest absolute Gasteiger partial charge is 0.261 e. The van der Waals surface area contributed by atoms with E-state index >= 15 is 4.39 Å². The minimum absolute atomic E-state index is 0.0240. The number of piperazine rings is 1. The summed E-state index contributed by atoms with van der Waals surface area (Å²) in [5, 5.41) is 13.0. The van der Waals surface area contributed by atoms with Crippen LogP contribution in [0.15, 0.2) is 58.3 Å². The number of amides is 1. The Labute approximate surface area is 252 Å². The molecule has 2 aliphatic rings. The number of carbonyl (C=O) groups is 1. The van der Waals surface area contributed by atoms with Crippen LogP contribution in [-0.2, 0) is 14.6 Å². The molecule has 2 saturated heterocycles. The molecule has 1 amide bonds. The topological polar surface area (TPSA) is 120 Å². The predicted octanol–water partition coefficient (Wildman–Crippen LogP) is 4.41. The number of hydrogen-bond acceptors (Lipinski definition) is 8.